The van der Waals surface area contributed by atoms with Gasteiger partial charge in [0.15, 0.2) is 0 Å². The van der Waals surface area contributed by atoms with Gasteiger partial charge >= 0.3 is 6.03 Å². The van der Waals surface area contributed by atoms with Gasteiger partial charge in [-0.25, -0.2) is 17.6 Å². The summed E-state index contributed by atoms with van der Waals surface area (Å²) in [5.41, 5.74) is 0.610. The highest BCUT2D eigenvalue weighted by Gasteiger charge is 2.28. The zero-order valence-corrected chi connectivity index (χ0v) is 17.1. The van der Waals surface area contributed by atoms with E-state index >= 15 is 0 Å². The Kier molecular flexibility index (Phi) is 7.01. The molecule has 8 nitrogen and oxygen atoms in total. The molecule has 0 spiro atoms. The van der Waals surface area contributed by atoms with E-state index in [0.29, 0.717) is 18.7 Å². The molecule has 3 amide bonds. The molecule has 0 radical (unpaired) electrons. The third kappa shape index (κ3) is 5.55. The second-order valence-corrected chi connectivity index (χ2v) is 8.70. The summed E-state index contributed by atoms with van der Waals surface area (Å²) in [5.74, 6) is -0.801. The fourth-order valence-corrected chi connectivity index (χ4v) is 4.57. The van der Waals surface area contributed by atoms with Gasteiger partial charge in [-0.3, -0.25) is 4.79 Å². The van der Waals surface area contributed by atoms with Crippen molar-refractivity contribution in [3.05, 3.63) is 60.4 Å². The van der Waals surface area contributed by atoms with Crippen LogP contribution in [-0.2, 0) is 14.8 Å². The summed E-state index contributed by atoms with van der Waals surface area (Å²) in [6, 6.07) is 13.0. The predicted molar refractivity (Wildman–Crippen MR) is 110 cm³/mol. The quantitative estimate of drug-likeness (QED) is 0.751. The van der Waals surface area contributed by atoms with E-state index in [1.165, 1.54) is 21.3 Å². The van der Waals surface area contributed by atoms with Crippen molar-refractivity contribution in [3.8, 4) is 0 Å². The lowest BCUT2D eigenvalue weighted by Gasteiger charge is -2.22. The van der Waals surface area contributed by atoms with Gasteiger partial charge in [-0.2, -0.15) is 4.31 Å². The number of urea groups is 1. The van der Waals surface area contributed by atoms with E-state index in [4.69, 9.17) is 0 Å². The summed E-state index contributed by atoms with van der Waals surface area (Å²) in [7, 11) is -3.76. The van der Waals surface area contributed by atoms with Crippen LogP contribution in [0, 0.1) is 5.82 Å². The third-order valence-corrected chi connectivity index (χ3v) is 6.60. The molecule has 2 N–H and O–H groups in total. The van der Waals surface area contributed by atoms with Crippen LogP contribution >= 0.6 is 0 Å². The number of nitrogens with one attached hydrogen (secondary N) is 2. The number of carbonyl (C=O) groups is 2. The number of amides is 3. The molecule has 0 unspecified atom stereocenters. The fraction of sp³-hybridized carbons (Fsp3) is 0.300. The maximum atomic E-state index is 13.1. The highest BCUT2D eigenvalue weighted by atomic mass is 32.2. The van der Waals surface area contributed by atoms with Crippen LogP contribution in [0.1, 0.15) is 6.42 Å². The van der Waals surface area contributed by atoms with Crippen LogP contribution < -0.4 is 10.6 Å². The summed E-state index contributed by atoms with van der Waals surface area (Å²) in [6.07, 6.45) is 0.461. The molecule has 0 atom stereocenters. The van der Waals surface area contributed by atoms with Gasteiger partial charge in [0.2, 0.25) is 15.9 Å². The number of benzene rings is 2. The molecule has 10 heteroatoms. The Morgan fingerprint density at radius 3 is 2.33 bits per heavy atom. The Balaban J connectivity index is 1.52. The van der Waals surface area contributed by atoms with Crippen LogP contribution in [0.15, 0.2) is 59.5 Å². The third-order valence-electron chi connectivity index (χ3n) is 4.69. The first-order chi connectivity index (χ1) is 14.4. The number of anilines is 1. The number of nitrogens with zero attached hydrogens (tertiary/aromatic N) is 2. The lowest BCUT2D eigenvalue weighted by Crippen LogP contribution is -2.43. The number of para-hydroxylation sites is 1. The maximum absolute atomic E-state index is 13.1. The first kappa shape index (κ1) is 21.7. The molecule has 1 saturated heterocycles. The van der Waals surface area contributed by atoms with E-state index in [2.05, 4.69) is 10.6 Å². The fourth-order valence-electron chi connectivity index (χ4n) is 3.10. The van der Waals surface area contributed by atoms with Crippen LogP contribution in [0.5, 0.6) is 0 Å². The lowest BCUT2D eigenvalue weighted by molar-refractivity contribution is -0.129. The normalized spacial score (nSPS) is 15.3. The maximum Gasteiger partial charge on any atom is 0.319 e. The standard InChI is InChI=1S/C20H23FN4O4S/c21-16-7-9-18(10-8-16)30(28,29)25-12-4-11-24(13-14-25)19(26)15-22-20(27)23-17-5-2-1-3-6-17/h1-3,5-10H,4,11-15H2,(H2,22,23,27). The minimum Gasteiger partial charge on any atom is -0.340 e. The molecule has 0 aliphatic carbocycles. The summed E-state index contributed by atoms with van der Waals surface area (Å²) < 4.78 is 39.9. The monoisotopic (exact) mass is 434 g/mol. The molecule has 160 valence electrons. The smallest absolute Gasteiger partial charge is 0.319 e. The largest absolute Gasteiger partial charge is 0.340 e. The van der Waals surface area contributed by atoms with Crippen LogP contribution in [0.4, 0.5) is 14.9 Å². The molecule has 1 aliphatic heterocycles. The van der Waals surface area contributed by atoms with Crippen LogP contribution in [-0.4, -0.2) is 62.3 Å². The number of rotatable bonds is 5. The number of hydrogen-bond donors (Lipinski definition) is 2. The van der Waals surface area contributed by atoms with Gasteiger partial charge in [0.25, 0.3) is 0 Å². The molecular formula is C20H23FN4O4S. The van der Waals surface area contributed by atoms with E-state index in [1.807, 2.05) is 6.07 Å². The van der Waals surface area contributed by atoms with Crippen LogP contribution in [0.3, 0.4) is 0 Å². The lowest BCUT2D eigenvalue weighted by atomic mass is 10.3. The topological polar surface area (TPSA) is 98.8 Å². The molecule has 2 aromatic carbocycles. The summed E-state index contributed by atoms with van der Waals surface area (Å²) >= 11 is 0. The number of carbonyl (C=O) groups excluding carboxylic acids is 2. The summed E-state index contributed by atoms with van der Waals surface area (Å²) in [6.45, 7) is 0.786. The zero-order chi connectivity index (χ0) is 21.6. The molecule has 1 fully saturated rings. The van der Waals surface area contributed by atoms with Crippen LogP contribution in [0.25, 0.3) is 0 Å². The summed E-state index contributed by atoms with van der Waals surface area (Å²) in [5, 5.41) is 5.14. The van der Waals surface area contributed by atoms with E-state index in [1.54, 1.807) is 24.3 Å². The molecule has 0 bridgehead atoms. The Morgan fingerprint density at radius 1 is 0.933 bits per heavy atom. The van der Waals surface area contributed by atoms with Crippen molar-refractivity contribution in [2.75, 3.05) is 38.0 Å². The van der Waals surface area contributed by atoms with Crippen molar-refractivity contribution in [2.24, 2.45) is 0 Å². The van der Waals surface area contributed by atoms with Crippen molar-refractivity contribution in [2.45, 2.75) is 11.3 Å². The van der Waals surface area contributed by atoms with Crippen molar-refractivity contribution in [1.82, 2.24) is 14.5 Å². The minimum atomic E-state index is -3.76. The van der Waals surface area contributed by atoms with E-state index < -0.39 is 21.9 Å². The van der Waals surface area contributed by atoms with Crippen molar-refractivity contribution >= 4 is 27.6 Å². The van der Waals surface area contributed by atoms with E-state index in [0.717, 1.165) is 12.1 Å². The highest BCUT2D eigenvalue weighted by Crippen LogP contribution is 2.18. The van der Waals surface area contributed by atoms with Gasteiger partial charge in [0.05, 0.1) is 11.4 Å². The first-order valence-electron chi connectivity index (χ1n) is 9.49. The molecule has 1 heterocycles. The van der Waals surface area contributed by atoms with Gasteiger partial charge in [-0.05, 0) is 42.8 Å². The Bertz CT molecular complexity index is 984. The molecular weight excluding hydrogens is 411 g/mol. The minimum absolute atomic E-state index is 0.0166. The van der Waals surface area contributed by atoms with Gasteiger partial charge in [-0.15, -0.1) is 0 Å². The average molecular weight is 434 g/mol. The average Bonchev–Trinajstić information content (AvgIpc) is 3.00. The van der Waals surface area contributed by atoms with Crippen molar-refractivity contribution < 1.29 is 22.4 Å². The summed E-state index contributed by atoms with van der Waals surface area (Å²) in [4.78, 5) is 25.9. The zero-order valence-electron chi connectivity index (χ0n) is 16.3. The van der Waals surface area contributed by atoms with Gasteiger partial charge in [0.1, 0.15) is 5.82 Å². The number of hydrogen-bond acceptors (Lipinski definition) is 4. The molecule has 0 aromatic heterocycles. The van der Waals surface area contributed by atoms with Crippen molar-refractivity contribution in [3.63, 3.8) is 0 Å². The molecule has 2 aromatic rings. The molecule has 1 aliphatic rings. The van der Waals surface area contributed by atoms with E-state index in [-0.39, 0.29) is 37.0 Å². The molecule has 30 heavy (non-hydrogen) atoms. The predicted octanol–water partition coefficient (Wildman–Crippen LogP) is 1.87. The number of sulfonamides is 1. The van der Waals surface area contributed by atoms with Gasteiger partial charge < -0.3 is 15.5 Å². The molecule has 0 saturated carbocycles. The van der Waals surface area contributed by atoms with Gasteiger partial charge in [-0.1, -0.05) is 18.2 Å². The SMILES string of the molecule is O=C(NCC(=O)N1CCCN(S(=O)(=O)c2ccc(F)cc2)CC1)Nc1ccccc1. The molecule has 3 rings (SSSR count). The number of halogens is 1. The highest BCUT2D eigenvalue weighted by molar-refractivity contribution is 7.89. The van der Waals surface area contributed by atoms with E-state index in [9.17, 15) is 22.4 Å². The van der Waals surface area contributed by atoms with Crippen molar-refractivity contribution in [1.29, 1.82) is 0 Å². The second-order valence-electron chi connectivity index (χ2n) is 6.77. The Morgan fingerprint density at radius 2 is 1.63 bits per heavy atom. The first-order valence-corrected chi connectivity index (χ1v) is 10.9. The second kappa shape index (κ2) is 9.68. The Labute approximate surface area is 174 Å². The van der Waals surface area contributed by atoms with Gasteiger partial charge in [0, 0.05) is 31.9 Å². The Hall–Kier alpha value is -2.98. The van der Waals surface area contributed by atoms with Crippen LogP contribution in [0.2, 0.25) is 0 Å².